The van der Waals surface area contributed by atoms with E-state index in [0.29, 0.717) is 23.5 Å². The summed E-state index contributed by atoms with van der Waals surface area (Å²) in [6.07, 6.45) is 0.466. The Bertz CT molecular complexity index is 1010. The molecule has 0 aliphatic carbocycles. The van der Waals surface area contributed by atoms with Crippen LogP contribution in [-0.4, -0.2) is 55.9 Å². The highest BCUT2D eigenvalue weighted by Crippen LogP contribution is 2.20. The minimum absolute atomic E-state index is 0.0118. The highest BCUT2D eigenvalue weighted by molar-refractivity contribution is 7.91. The number of sulfone groups is 1. The molecule has 0 saturated carbocycles. The van der Waals surface area contributed by atoms with Crippen molar-refractivity contribution >= 4 is 38.8 Å². The maximum Gasteiger partial charge on any atom is 0.323 e. The third-order valence-electron chi connectivity index (χ3n) is 5.01. The topological polar surface area (TPSA) is 108 Å². The van der Waals surface area contributed by atoms with Gasteiger partial charge in [-0.15, -0.1) is 0 Å². The average Bonchev–Trinajstić information content (AvgIpc) is 3.07. The first-order chi connectivity index (χ1) is 14.2. The SMILES string of the molecule is C[C@@H](Nc1cccc(NC(=O)Nc2ccccc2)c1)C(=O)N(C)[C@H]1CCS(=O)(=O)C1. The molecule has 3 rings (SSSR count). The van der Waals surface area contributed by atoms with Gasteiger partial charge in [-0.2, -0.15) is 0 Å². The number of nitrogens with one attached hydrogen (secondary N) is 3. The Morgan fingerprint density at radius 2 is 1.63 bits per heavy atom. The van der Waals surface area contributed by atoms with Crippen LogP contribution in [0.3, 0.4) is 0 Å². The molecule has 0 bridgehead atoms. The summed E-state index contributed by atoms with van der Waals surface area (Å²) in [5.74, 6) is -0.0504. The van der Waals surface area contributed by atoms with Crippen LogP contribution >= 0.6 is 0 Å². The molecule has 0 radical (unpaired) electrons. The number of carbonyl (C=O) groups excluding carboxylic acids is 2. The van der Waals surface area contributed by atoms with Gasteiger partial charge in [-0.05, 0) is 43.7 Å². The molecular formula is C21H26N4O4S. The lowest BCUT2D eigenvalue weighted by Gasteiger charge is -2.27. The van der Waals surface area contributed by atoms with Crippen LogP contribution in [-0.2, 0) is 14.6 Å². The summed E-state index contributed by atoms with van der Waals surface area (Å²) >= 11 is 0. The number of nitrogens with zero attached hydrogens (tertiary/aromatic N) is 1. The van der Waals surface area contributed by atoms with Crippen molar-refractivity contribution < 1.29 is 18.0 Å². The second-order valence-electron chi connectivity index (χ2n) is 7.40. The van der Waals surface area contributed by atoms with E-state index in [1.54, 1.807) is 50.4 Å². The van der Waals surface area contributed by atoms with Gasteiger partial charge in [0.1, 0.15) is 6.04 Å². The Balaban J connectivity index is 1.57. The third-order valence-corrected chi connectivity index (χ3v) is 6.76. The molecule has 0 spiro atoms. The van der Waals surface area contributed by atoms with Crippen LogP contribution in [0.1, 0.15) is 13.3 Å². The van der Waals surface area contributed by atoms with Crippen molar-refractivity contribution in [3.8, 4) is 0 Å². The number of benzene rings is 2. The first-order valence-electron chi connectivity index (χ1n) is 9.70. The van der Waals surface area contributed by atoms with E-state index in [4.69, 9.17) is 0 Å². The van der Waals surface area contributed by atoms with Crippen molar-refractivity contribution in [3.05, 3.63) is 54.6 Å². The molecule has 2 atom stereocenters. The molecule has 30 heavy (non-hydrogen) atoms. The zero-order valence-corrected chi connectivity index (χ0v) is 17.8. The van der Waals surface area contributed by atoms with Crippen LogP contribution in [0.15, 0.2) is 54.6 Å². The number of amides is 3. The number of anilines is 3. The van der Waals surface area contributed by atoms with Gasteiger partial charge in [0.15, 0.2) is 9.84 Å². The van der Waals surface area contributed by atoms with Gasteiger partial charge in [0.05, 0.1) is 11.5 Å². The van der Waals surface area contributed by atoms with Crippen molar-refractivity contribution in [2.75, 3.05) is 34.5 Å². The van der Waals surface area contributed by atoms with E-state index in [1.807, 2.05) is 18.2 Å². The molecule has 0 unspecified atom stereocenters. The van der Waals surface area contributed by atoms with E-state index in [0.717, 1.165) is 0 Å². The molecule has 2 aromatic rings. The zero-order chi connectivity index (χ0) is 21.7. The zero-order valence-electron chi connectivity index (χ0n) is 17.0. The monoisotopic (exact) mass is 430 g/mol. The molecule has 1 fully saturated rings. The van der Waals surface area contributed by atoms with Crippen LogP contribution in [0.25, 0.3) is 0 Å². The predicted molar refractivity (Wildman–Crippen MR) is 118 cm³/mol. The molecule has 160 valence electrons. The summed E-state index contributed by atoms with van der Waals surface area (Å²) in [5, 5.41) is 8.62. The minimum Gasteiger partial charge on any atom is -0.374 e. The fourth-order valence-corrected chi connectivity index (χ4v) is 5.15. The number of para-hydroxylation sites is 1. The minimum atomic E-state index is -3.06. The standard InChI is InChI=1S/C21H26N4O4S/c1-15(20(26)25(2)19-11-12-30(28,29)14-19)22-17-9-6-10-18(13-17)24-21(27)23-16-7-4-3-5-8-16/h3-10,13,15,19,22H,11-12,14H2,1-2H3,(H2,23,24,27)/t15-,19+/m1/s1. The molecule has 3 amide bonds. The molecule has 1 heterocycles. The smallest absolute Gasteiger partial charge is 0.323 e. The summed E-state index contributed by atoms with van der Waals surface area (Å²) in [7, 11) is -1.42. The number of likely N-dealkylation sites (N-methyl/N-ethyl adjacent to an activating group) is 1. The Morgan fingerprint density at radius 1 is 1.00 bits per heavy atom. The van der Waals surface area contributed by atoms with Gasteiger partial charge in [0.2, 0.25) is 5.91 Å². The van der Waals surface area contributed by atoms with Gasteiger partial charge in [-0.3, -0.25) is 4.79 Å². The van der Waals surface area contributed by atoms with Gasteiger partial charge < -0.3 is 20.9 Å². The van der Waals surface area contributed by atoms with Gasteiger partial charge in [0.25, 0.3) is 0 Å². The van der Waals surface area contributed by atoms with E-state index in [9.17, 15) is 18.0 Å². The number of hydrogen-bond donors (Lipinski definition) is 3. The number of carbonyl (C=O) groups is 2. The summed E-state index contributed by atoms with van der Waals surface area (Å²) in [4.78, 5) is 26.4. The Labute approximate surface area is 176 Å². The van der Waals surface area contributed by atoms with Crippen molar-refractivity contribution in [2.24, 2.45) is 0 Å². The Morgan fingerprint density at radius 3 is 2.30 bits per heavy atom. The molecule has 8 nitrogen and oxygen atoms in total. The predicted octanol–water partition coefficient (Wildman–Crippen LogP) is 2.78. The molecular weight excluding hydrogens is 404 g/mol. The number of urea groups is 1. The summed E-state index contributed by atoms with van der Waals surface area (Å²) < 4.78 is 23.4. The average molecular weight is 431 g/mol. The lowest BCUT2D eigenvalue weighted by molar-refractivity contribution is -0.132. The third kappa shape index (κ3) is 5.73. The molecule has 1 saturated heterocycles. The largest absolute Gasteiger partial charge is 0.374 e. The second kappa shape index (κ2) is 9.17. The van der Waals surface area contributed by atoms with Gasteiger partial charge in [0, 0.05) is 30.2 Å². The quantitative estimate of drug-likeness (QED) is 0.653. The van der Waals surface area contributed by atoms with Crippen LogP contribution < -0.4 is 16.0 Å². The molecule has 2 aromatic carbocycles. The maximum absolute atomic E-state index is 12.7. The van der Waals surface area contributed by atoms with Crippen molar-refractivity contribution in [1.82, 2.24) is 4.90 Å². The second-order valence-corrected chi connectivity index (χ2v) is 9.63. The lowest BCUT2D eigenvalue weighted by Crippen LogP contribution is -2.45. The lowest BCUT2D eigenvalue weighted by atomic mass is 10.2. The van der Waals surface area contributed by atoms with E-state index in [1.165, 1.54) is 4.90 Å². The Kier molecular flexibility index (Phi) is 6.61. The van der Waals surface area contributed by atoms with Crippen molar-refractivity contribution in [3.63, 3.8) is 0 Å². The van der Waals surface area contributed by atoms with Crippen molar-refractivity contribution in [1.29, 1.82) is 0 Å². The molecule has 9 heteroatoms. The molecule has 0 aromatic heterocycles. The Hall–Kier alpha value is -3.07. The molecule has 1 aliphatic heterocycles. The van der Waals surface area contributed by atoms with Crippen molar-refractivity contribution in [2.45, 2.75) is 25.4 Å². The summed E-state index contributed by atoms with van der Waals surface area (Å²) in [5.41, 5.74) is 1.92. The number of hydrogen-bond acceptors (Lipinski definition) is 5. The first kappa shape index (κ1) is 21.6. The fourth-order valence-electron chi connectivity index (χ4n) is 3.38. The normalized spacial score (nSPS) is 18.3. The highest BCUT2D eigenvalue weighted by Gasteiger charge is 2.34. The van der Waals surface area contributed by atoms with Crippen LogP contribution in [0.4, 0.5) is 21.9 Å². The van der Waals surface area contributed by atoms with E-state index >= 15 is 0 Å². The first-order valence-corrected chi connectivity index (χ1v) is 11.5. The van der Waals surface area contributed by atoms with Gasteiger partial charge in [-0.1, -0.05) is 24.3 Å². The van der Waals surface area contributed by atoms with E-state index in [2.05, 4.69) is 16.0 Å². The van der Waals surface area contributed by atoms with Gasteiger partial charge in [-0.25, -0.2) is 13.2 Å². The summed E-state index contributed by atoms with van der Waals surface area (Å²) in [6, 6.07) is 14.9. The molecule has 3 N–H and O–H groups in total. The fraction of sp³-hybridized carbons (Fsp3) is 0.333. The maximum atomic E-state index is 12.7. The number of rotatable bonds is 6. The van der Waals surface area contributed by atoms with Crippen LogP contribution in [0.2, 0.25) is 0 Å². The molecule has 1 aliphatic rings. The summed E-state index contributed by atoms with van der Waals surface area (Å²) in [6.45, 7) is 1.73. The van der Waals surface area contributed by atoms with E-state index < -0.39 is 15.9 Å². The van der Waals surface area contributed by atoms with Crippen LogP contribution in [0, 0.1) is 0 Å². The highest BCUT2D eigenvalue weighted by atomic mass is 32.2. The van der Waals surface area contributed by atoms with Gasteiger partial charge >= 0.3 is 6.03 Å². The van der Waals surface area contributed by atoms with E-state index in [-0.39, 0.29) is 29.5 Å². The van der Waals surface area contributed by atoms with Crippen LogP contribution in [0.5, 0.6) is 0 Å².